The number of para-hydroxylation sites is 2. The Morgan fingerprint density at radius 3 is 2.29 bits per heavy atom. The minimum absolute atomic E-state index is 0.511. The molecule has 0 unspecified atom stereocenters. The Morgan fingerprint density at radius 2 is 1.54 bits per heavy atom. The first-order valence-electron chi connectivity index (χ1n) is 11.0. The van der Waals surface area contributed by atoms with Crippen LogP contribution in [0.25, 0.3) is 11.0 Å². The average molecular weight is 379 g/mol. The van der Waals surface area contributed by atoms with Crippen LogP contribution in [0.2, 0.25) is 0 Å². The lowest BCUT2D eigenvalue weighted by Crippen LogP contribution is -2.07. The predicted octanol–water partition coefficient (Wildman–Crippen LogP) is 6.93. The fourth-order valence-corrected chi connectivity index (χ4v) is 3.68. The van der Waals surface area contributed by atoms with Crippen LogP contribution < -0.4 is 4.74 Å². The van der Waals surface area contributed by atoms with Gasteiger partial charge >= 0.3 is 0 Å². The zero-order valence-corrected chi connectivity index (χ0v) is 17.5. The van der Waals surface area contributed by atoms with Crippen molar-refractivity contribution in [3.05, 3.63) is 59.9 Å². The molecule has 0 radical (unpaired) electrons. The summed E-state index contributed by atoms with van der Waals surface area (Å²) in [5.74, 6) is 1.93. The molecule has 0 amide bonds. The molecule has 0 spiro atoms. The largest absolute Gasteiger partial charge is 0.486 e. The van der Waals surface area contributed by atoms with Crippen molar-refractivity contribution < 1.29 is 4.74 Å². The summed E-state index contributed by atoms with van der Waals surface area (Å²) in [6.07, 6.45) is 10.3. The molecule has 1 aromatic heterocycles. The summed E-state index contributed by atoms with van der Waals surface area (Å²) in [5.41, 5.74) is 3.61. The highest BCUT2D eigenvalue weighted by atomic mass is 16.5. The maximum Gasteiger partial charge on any atom is 0.147 e. The van der Waals surface area contributed by atoms with Crippen molar-refractivity contribution in [2.24, 2.45) is 0 Å². The fourth-order valence-electron chi connectivity index (χ4n) is 3.68. The zero-order chi connectivity index (χ0) is 19.6. The number of fused-ring (bicyclic) bond motifs is 1. The summed E-state index contributed by atoms with van der Waals surface area (Å²) in [7, 11) is 0. The number of imidazole rings is 1. The van der Waals surface area contributed by atoms with E-state index in [-0.39, 0.29) is 0 Å². The molecule has 3 rings (SSSR count). The summed E-state index contributed by atoms with van der Waals surface area (Å²) in [4.78, 5) is 4.84. The van der Waals surface area contributed by atoms with Gasteiger partial charge in [0.05, 0.1) is 11.0 Å². The molecule has 0 aliphatic heterocycles. The van der Waals surface area contributed by atoms with Gasteiger partial charge in [0.15, 0.2) is 0 Å². The lowest BCUT2D eigenvalue weighted by Gasteiger charge is -2.11. The topological polar surface area (TPSA) is 27.1 Å². The Morgan fingerprint density at radius 1 is 0.821 bits per heavy atom. The SMILES string of the molecule is CCCCCCCCCn1c(COc2ccc(CC)cc2)nc2ccccc21. The van der Waals surface area contributed by atoms with E-state index in [4.69, 9.17) is 9.72 Å². The molecule has 0 N–H and O–H groups in total. The van der Waals surface area contributed by atoms with Crippen LogP contribution in [-0.4, -0.2) is 9.55 Å². The third kappa shape index (κ3) is 5.60. The van der Waals surface area contributed by atoms with Gasteiger partial charge in [-0.15, -0.1) is 0 Å². The van der Waals surface area contributed by atoms with Gasteiger partial charge in [0, 0.05) is 6.54 Å². The quantitative estimate of drug-likeness (QED) is 0.320. The summed E-state index contributed by atoms with van der Waals surface area (Å²) in [5, 5.41) is 0. The number of hydrogen-bond acceptors (Lipinski definition) is 2. The van der Waals surface area contributed by atoms with Crippen LogP contribution in [0, 0.1) is 0 Å². The van der Waals surface area contributed by atoms with Crippen molar-refractivity contribution in [2.75, 3.05) is 0 Å². The molecule has 0 saturated carbocycles. The molecule has 3 nitrogen and oxygen atoms in total. The third-order valence-corrected chi connectivity index (χ3v) is 5.42. The number of nitrogens with zero attached hydrogens (tertiary/aromatic N) is 2. The van der Waals surface area contributed by atoms with E-state index in [9.17, 15) is 0 Å². The maximum absolute atomic E-state index is 6.05. The van der Waals surface area contributed by atoms with Crippen LogP contribution in [0.1, 0.15) is 70.2 Å². The molecular weight excluding hydrogens is 344 g/mol. The van der Waals surface area contributed by atoms with Gasteiger partial charge in [0.25, 0.3) is 0 Å². The van der Waals surface area contributed by atoms with Crippen LogP contribution in [0.3, 0.4) is 0 Å². The highest BCUT2D eigenvalue weighted by molar-refractivity contribution is 5.75. The van der Waals surface area contributed by atoms with Gasteiger partial charge in [-0.3, -0.25) is 0 Å². The highest BCUT2D eigenvalue weighted by Gasteiger charge is 2.11. The van der Waals surface area contributed by atoms with E-state index < -0.39 is 0 Å². The monoisotopic (exact) mass is 378 g/mol. The smallest absolute Gasteiger partial charge is 0.147 e. The molecule has 28 heavy (non-hydrogen) atoms. The Hall–Kier alpha value is -2.29. The molecule has 150 valence electrons. The number of rotatable bonds is 12. The van der Waals surface area contributed by atoms with Crippen molar-refractivity contribution in [3.8, 4) is 5.75 Å². The molecule has 1 heterocycles. The first-order valence-corrected chi connectivity index (χ1v) is 11.0. The molecule has 0 aliphatic rings. The van der Waals surface area contributed by atoms with Crippen molar-refractivity contribution in [1.29, 1.82) is 0 Å². The molecule has 0 atom stereocenters. The average Bonchev–Trinajstić information content (AvgIpc) is 3.09. The van der Waals surface area contributed by atoms with Gasteiger partial charge in [-0.05, 0) is 42.7 Å². The number of ether oxygens (including phenoxy) is 1. The summed E-state index contributed by atoms with van der Waals surface area (Å²) in [6.45, 7) is 5.96. The lowest BCUT2D eigenvalue weighted by molar-refractivity contribution is 0.289. The first kappa shape index (κ1) is 20.4. The second kappa shape index (κ2) is 10.9. The second-order valence-electron chi connectivity index (χ2n) is 7.58. The predicted molar refractivity (Wildman–Crippen MR) is 118 cm³/mol. The Kier molecular flexibility index (Phi) is 7.95. The number of unbranched alkanes of at least 4 members (excludes halogenated alkanes) is 6. The number of hydrogen-bond donors (Lipinski definition) is 0. The van der Waals surface area contributed by atoms with Crippen LogP contribution >= 0.6 is 0 Å². The Labute approximate surface area is 169 Å². The molecule has 3 heteroatoms. The van der Waals surface area contributed by atoms with Crippen LogP contribution in [0.4, 0.5) is 0 Å². The van der Waals surface area contributed by atoms with Gasteiger partial charge < -0.3 is 9.30 Å². The number of aromatic nitrogens is 2. The van der Waals surface area contributed by atoms with Crippen LogP contribution in [0.15, 0.2) is 48.5 Å². The van der Waals surface area contributed by atoms with Crippen LogP contribution in [-0.2, 0) is 19.6 Å². The van der Waals surface area contributed by atoms with E-state index in [0.29, 0.717) is 6.61 Å². The Balaban J connectivity index is 1.61. The van der Waals surface area contributed by atoms with E-state index in [1.54, 1.807) is 0 Å². The summed E-state index contributed by atoms with van der Waals surface area (Å²) >= 11 is 0. The van der Waals surface area contributed by atoms with Gasteiger partial charge in [-0.25, -0.2) is 4.98 Å². The van der Waals surface area contributed by atoms with Crippen molar-refractivity contribution in [1.82, 2.24) is 9.55 Å². The highest BCUT2D eigenvalue weighted by Crippen LogP contribution is 2.20. The Bertz CT molecular complexity index is 835. The minimum Gasteiger partial charge on any atom is -0.486 e. The van der Waals surface area contributed by atoms with Crippen molar-refractivity contribution in [2.45, 2.75) is 78.4 Å². The minimum atomic E-state index is 0.511. The van der Waals surface area contributed by atoms with Crippen molar-refractivity contribution in [3.63, 3.8) is 0 Å². The first-order chi connectivity index (χ1) is 13.8. The van der Waals surface area contributed by atoms with Crippen molar-refractivity contribution >= 4 is 11.0 Å². The molecule has 0 fully saturated rings. The van der Waals surface area contributed by atoms with E-state index in [1.165, 1.54) is 56.0 Å². The van der Waals surface area contributed by atoms with E-state index in [0.717, 1.165) is 30.1 Å². The van der Waals surface area contributed by atoms with Gasteiger partial charge in [-0.2, -0.15) is 0 Å². The normalized spacial score (nSPS) is 11.2. The zero-order valence-electron chi connectivity index (χ0n) is 17.5. The fraction of sp³-hybridized carbons (Fsp3) is 0.480. The number of aryl methyl sites for hydroxylation is 2. The molecule has 0 aliphatic carbocycles. The molecular formula is C25H34N2O. The van der Waals surface area contributed by atoms with E-state index >= 15 is 0 Å². The van der Waals surface area contributed by atoms with Gasteiger partial charge in [-0.1, -0.05) is 76.6 Å². The number of benzene rings is 2. The molecule has 3 aromatic rings. The third-order valence-electron chi connectivity index (χ3n) is 5.42. The van der Waals surface area contributed by atoms with E-state index in [1.807, 2.05) is 0 Å². The van der Waals surface area contributed by atoms with Gasteiger partial charge in [0.1, 0.15) is 18.2 Å². The second-order valence-corrected chi connectivity index (χ2v) is 7.58. The van der Waals surface area contributed by atoms with Gasteiger partial charge in [0.2, 0.25) is 0 Å². The van der Waals surface area contributed by atoms with E-state index in [2.05, 4.69) is 66.9 Å². The molecule has 2 aromatic carbocycles. The van der Waals surface area contributed by atoms with Crippen LogP contribution in [0.5, 0.6) is 5.75 Å². The lowest BCUT2D eigenvalue weighted by atomic mass is 10.1. The standard InChI is InChI=1S/C25H34N2O/c1-3-5-6-7-8-9-12-19-27-24-14-11-10-13-23(24)26-25(27)20-28-22-17-15-21(4-2)16-18-22/h10-11,13-18H,3-9,12,19-20H2,1-2H3. The molecule has 0 saturated heterocycles. The molecule has 0 bridgehead atoms. The summed E-state index contributed by atoms with van der Waals surface area (Å²) < 4.78 is 8.40. The summed E-state index contributed by atoms with van der Waals surface area (Å²) in [6, 6.07) is 16.8. The maximum atomic E-state index is 6.05.